The van der Waals surface area contributed by atoms with E-state index in [1.54, 1.807) is 25.6 Å². The fraction of sp³-hybridized carbons (Fsp3) is 0.400. The standard InChI is InChI=1S/C15H20N2O2S/c1-4-12-9-17-14(20-12)10-16-8-11-6-5-7-13(18-2)15(11)19-3/h5-7,9,16H,4,8,10H2,1-3H3. The average molecular weight is 292 g/mol. The molecule has 1 heterocycles. The van der Waals surface area contributed by atoms with Gasteiger partial charge in [0.1, 0.15) is 5.01 Å². The van der Waals surface area contributed by atoms with Gasteiger partial charge in [-0.2, -0.15) is 0 Å². The smallest absolute Gasteiger partial charge is 0.165 e. The number of aromatic nitrogens is 1. The summed E-state index contributed by atoms with van der Waals surface area (Å²) >= 11 is 1.76. The molecule has 108 valence electrons. The largest absolute Gasteiger partial charge is 0.493 e. The van der Waals surface area contributed by atoms with E-state index in [4.69, 9.17) is 9.47 Å². The number of hydrogen-bond donors (Lipinski definition) is 1. The maximum atomic E-state index is 5.41. The zero-order chi connectivity index (χ0) is 14.4. The Morgan fingerprint density at radius 3 is 2.70 bits per heavy atom. The van der Waals surface area contributed by atoms with E-state index in [-0.39, 0.29) is 0 Å². The average Bonchev–Trinajstić information content (AvgIpc) is 2.94. The van der Waals surface area contributed by atoms with E-state index in [1.807, 2.05) is 24.4 Å². The summed E-state index contributed by atoms with van der Waals surface area (Å²) < 4.78 is 10.7. The minimum absolute atomic E-state index is 0.724. The molecule has 0 spiro atoms. The highest BCUT2D eigenvalue weighted by atomic mass is 32.1. The van der Waals surface area contributed by atoms with Crippen LogP contribution in [-0.2, 0) is 19.5 Å². The molecule has 0 aliphatic heterocycles. The number of ether oxygens (including phenoxy) is 2. The Hall–Kier alpha value is -1.59. The Morgan fingerprint density at radius 1 is 1.20 bits per heavy atom. The van der Waals surface area contributed by atoms with Gasteiger partial charge in [0, 0.05) is 29.7 Å². The molecule has 0 fully saturated rings. The summed E-state index contributed by atoms with van der Waals surface area (Å²) in [5, 5.41) is 4.51. The van der Waals surface area contributed by atoms with Crippen molar-refractivity contribution >= 4 is 11.3 Å². The summed E-state index contributed by atoms with van der Waals surface area (Å²) in [4.78, 5) is 5.71. The first-order chi connectivity index (χ1) is 9.78. The summed E-state index contributed by atoms with van der Waals surface area (Å²) in [6, 6.07) is 5.90. The Labute approximate surface area is 123 Å². The van der Waals surface area contributed by atoms with Gasteiger partial charge in [-0.1, -0.05) is 19.1 Å². The van der Waals surface area contributed by atoms with Gasteiger partial charge in [-0.15, -0.1) is 11.3 Å². The number of para-hydroxylation sites is 1. The van der Waals surface area contributed by atoms with Gasteiger partial charge in [0.15, 0.2) is 11.5 Å². The summed E-state index contributed by atoms with van der Waals surface area (Å²) in [5.74, 6) is 1.55. The second kappa shape index (κ2) is 7.26. The number of nitrogens with one attached hydrogen (secondary N) is 1. The Kier molecular flexibility index (Phi) is 5.38. The molecule has 0 bridgehead atoms. The molecule has 4 nitrogen and oxygen atoms in total. The number of hydrogen-bond acceptors (Lipinski definition) is 5. The highest BCUT2D eigenvalue weighted by Gasteiger charge is 2.09. The number of methoxy groups -OCH3 is 2. The molecule has 20 heavy (non-hydrogen) atoms. The molecule has 2 aromatic rings. The molecule has 0 aliphatic carbocycles. The highest BCUT2D eigenvalue weighted by molar-refractivity contribution is 7.11. The Bertz CT molecular complexity index is 555. The molecule has 1 aromatic heterocycles. The van der Waals surface area contributed by atoms with Crippen molar-refractivity contribution in [1.29, 1.82) is 0 Å². The molecule has 2 rings (SSSR count). The fourth-order valence-corrected chi connectivity index (χ4v) is 2.82. The topological polar surface area (TPSA) is 43.4 Å². The van der Waals surface area contributed by atoms with Crippen molar-refractivity contribution in [3.8, 4) is 11.5 Å². The molecule has 0 saturated carbocycles. The molecule has 1 N–H and O–H groups in total. The highest BCUT2D eigenvalue weighted by Crippen LogP contribution is 2.30. The molecule has 0 aliphatic rings. The van der Waals surface area contributed by atoms with Crippen molar-refractivity contribution in [2.45, 2.75) is 26.4 Å². The Morgan fingerprint density at radius 2 is 2.05 bits per heavy atom. The van der Waals surface area contributed by atoms with Crippen LogP contribution in [0.1, 0.15) is 22.4 Å². The Balaban J connectivity index is 1.97. The molecule has 0 amide bonds. The van der Waals surface area contributed by atoms with Gasteiger partial charge in [0.2, 0.25) is 0 Å². The third-order valence-electron chi connectivity index (χ3n) is 3.03. The van der Waals surface area contributed by atoms with E-state index < -0.39 is 0 Å². The van der Waals surface area contributed by atoms with E-state index in [1.165, 1.54) is 4.88 Å². The van der Waals surface area contributed by atoms with E-state index in [9.17, 15) is 0 Å². The van der Waals surface area contributed by atoms with Crippen LogP contribution in [0.25, 0.3) is 0 Å². The molecule has 1 aromatic carbocycles. The molecular weight excluding hydrogens is 272 g/mol. The van der Waals surface area contributed by atoms with Crippen molar-refractivity contribution in [2.75, 3.05) is 14.2 Å². The lowest BCUT2D eigenvalue weighted by molar-refractivity contribution is 0.350. The van der Waals surface area contributed by atoms with Crippen molar-refractivity contribution < 1.29 is 9.47 Å². The minimum Gasteiger partial charge on any atom is -0.493 e. The van der Waals surface area contributed by atoms with Gasteiger partial charge in [0.05, 0.1) is 14.2 Å². The van der Waals surface area contributed by atoms with Crippen LogP contribution in [0.2, 0.25) is 0 Å². The first-order valence-electron chi connectivity index (χ1n) is 6.62. The second-order valence-electron chi connectivity index (χ2n) is 4.33. The van der Waals surface area contributed by atoms with Crippen molar-refractivity contribution in [3.63, 3.8) is 0 Å². The second-order valence-corrected chi connectivity index (χ2v) is 5.53. The van der Waals surface area contributed by atoms with Crippen molar-refractivity contribution in [1.82, 2.24) is 10.3 Å². The molecule has 0 radical (unpaired) electrons. The summed E-state index contributed by atoms with van der Waals surface area (Å²) in [7, 11) is 3.31. The zero-order valence-electron chi connectivity index (χ0n) is 12.1. The predicted molar refractivity (Wildman–Crippen MR) is 81.6 cm³/mol. The lowest BCUT2D eigenvalue weighted by Crippen LogP contribution is -2.13. The van der Waals surface area contributed by atoms with E-state index >= 15 is 0 Å². The van der Waals surface area contributed by atoms with Crippen LogP contribution < -0.4 is 14.8 Å². The number of benzene rings is 1. The fourth-order valence-electron chi connectivity index (χ4n) is 1.99. The molecular formula is C15H20N2O2S. The first-order valence-corrected chi connectivity index (χ1v) is 7.44. The van der Waals surface area contributed by atoms with Gasteiger partial charge in [-0.25, -0.2) is 4.98 Å². The SMILES string of the molecule is CCc1cnc(CNCc2cccc(OC)c2OC)s1. The number of aryl methyl sites for hydroxylation is 1. The third-order valence-corrected chi connectivity index (χ3v) is 4.17. The van der Waals surface area contributed by atoms with Crippen LogP contribution in [0.3, 0.4) is 0 Å². The normalized spacial score (nSPS) is 10.6. The molecule has 0 atom stereocenters. The van der Waals surface area contributed by atoms with E-state index in [0.717, 1.165) is 41.6 Å². The quantitative estimate of drug-likeness (QED) is 0.852. The van der Waals surface area contributed by atoms with Crippen molar-refractivity contribution in [3.05, 3.63) is 39.8 Å². The summed E-state index contributed by atoms with van der Waals surface area (Å²) in [6.45, 7) is 3.64. The molecule has 5 heteroatoms. The maximum Gasteiger partial charge on any atom is 0.165 e. The molecule has 0 unspecified atom stereocenters. The van der Waals surface area contributed by atoms with Crippen LogP contribution in [0, 0.1) is 0 Å². The number of rotatable bonds is 7. The predicted octanol–water partition coefficient (Wildman–Crippen LogP) is 3.01. The van der Waals surface area contributed by atoms with Gasteiger partial charge in [-0.3, -0.25) is 0 Å². The van der Waals surface area contributed by atoms with Gasteiger partial charge in [0.25, 0.3) is 0 Å². The third kappa shape index (κ3) is 3.49. The summed E-state index contributed by atoms with van der Waals surface area (Å²) in [5.41, 5.74) is 1.08. The summed E-state index contributed by atoms with van der Waals surface area (Å²) in [6.07, 6.45) is 3.00. The number of nitrogens with zero attached hydrogens (tertiary/aromatic N) is 1. The monoisotopic (exact) mass is 292 g/mol. The molecule has 0 saturated heterocycles. The first kappa shape index (κ1) is 14.8. The van der Waals surface area contributed by atoms with Crippen LogP contribution in [0.4, 0.5) is 0 Å². The van der Waals surface area contributed by atoms with Gasteiger partial charge < -0.3 is 14.8 Å². The van der Waals surface area contributed by atoms with Gasteiger partial charge >= 0.3 is 0 Å². The van der Waals surface area contributed by atoms with Crippen LogP contribution in [0.15, 0.2) is 24.4 Å². The van der Waals surface area contributed by atoms with Crippen LogP contribution >= 0.6 is 11.3 Å². The number of thiazole rings is 1. The van der Waals surface area contributed by atoms with Crippen molar-refractivity contribution in [2.24, 2.45) is 0 Å². The van der Waals surface area contributed by atoms with Crippen LogP contribution in [-0.4, -0.2) is 19.2 Å². The lowest BCUT2D eigenvalue weighted by atomic mass is 10.2. The van der Waals surface area contributed by atoms with Crippen LogP contribution in [0.5, 0.6) is 11.5 Å². The zero-order valence-corrected chi connectivity index (χ0v) is 12.9. The van der Waals surface area contributed by atoms with Gasteiger partial charge in [-0.05, 0) is 12.5 Å². The van der Waals surface area contributed by atoms with E-state index in [0.29, 0.717) is 0 Å². The maximum absolute atomic E-state index is 5.41. The minimum atomic E-state index is 0.724. The van der Waals surface area contributed by atoms with E-state index in [2.05, 4.69) is 17.2 Å². The lowest BCUT2D eigenvalue weighted by Gasteiger charge is -2.12.